The molecule has 1 fully saturated rings. The van der Waals surface area contributed by atoms with Crippen LogP contribution >= 0.6 is 0 Å². The Balaban J connectivity index is 1.63. The minimum absolute atomic E-state index is 0.0184. The number of nitrogens with one attached hydrogen (secondary N) is 1. The number of ether oxygens (including phenoxy) is 2. The Morgan fingerprint density at radius 3 is 2.41 bits per heavy atom. The minimum Gasteiger partial charge on any atom is -0.459 e. The summed E-state index contributed by atoms with van der Waals surface area (Å²) in [5, 5.41) is 12.3. The monoisotopic (exact) mass is 401 g/mol. The maximum atomic E-state index is 12.8. The Kier molecular flexibility index (Phi) is 7.36. The van der Waals surface area contributed by atoms with Crippen molar-refractivity contribution in [3.8, 4) is 0 Å². The second-order valence-corrected chi connectivity index (χ2v) is 9.38. The van der Waals surface area contributed by atoms with Crippen LogP contribution in [0, 0.1) is 11.3 Å². The van der Waals surface area contributed by atoms with Crippen molar-refractivity contribution in [3.63, 3.8) is 0 Å². The van der Waals surface area contributed by atoms with E-state index in [1.54, 1.807) is 0 Å². The number of benzene rings is 1. The van der Waals surface area contributed by atoms with Gasteiger partial charge in [0.15, 0.2) is 5.76 Å². The Morgan fingerprint density at radius 1 is 1.14 bits per heavy atom. The summed E-state index contributed by atoms with van der Waals surface area (Å²) in [7, 11) is 0. The average molecular weight is 402 g/mol. The third-order valence-corrected chi connectivity index (χ3v) is 5.98. The van der Waals surface area contributed by atoms with Gasteiger partial charge >= 0.3 is 0 Å². The third kappa shape index (κ3) is 6.31. The molecule has 0 saturated heterocycles. The van der Waals surface area contributed by atoms with Gasteiger partial charge in [-0.3, -0.25) is 4.79 Å². The lowest BCUT2D eigenvalue weighted by Crippen LogP contribution is -2.41. The lowest BCUT2D eigenvalue weighted by Gasteiger charge is -2.36. The van der Waals surface area contributed by atoms with E-state index in [0.717, 1.165) is 30.4 Å². The molecular formula is C24H35NO4. The quantitative estimate of drug-likeness (QED) is 0.740. The number of carbonyl (C=O) groups excluding carboxylic acids is 1. The predicted molar refractivity (Wildman–Crippen MR) is 113 cm³/mol. The topological polar surface area (TPSA) is 67.8 Å². The van der Waals surface area contributed by atoms with E-state index < -0.39 is 6.29 Å². The fourth-order valence-corrected chi connectivity index (χ4v) is 3.96. The highest BCUT2D eigenvalue weighted by atomic mass is 16.7. The van der Waals surface area contributed by atoms with Gasteiger partial charge < -0.3 is 19.9 Å². The molecule has 2 N–H and O–H groups in total. The molecule has 29 heavy (non-hydrogen) atoms. The molecule has 1 aromatic rings. The van der Waals surface area contributed by atoms with Crippen LogP contribution in [0.2, 0.25) is 0 Å². The van der Waals surface area contributed by atoms with Crippen LogP contribution < -0.4 is 5.32 Å². The SMILES string of the molecule is CC(C)(C)[C@@H]1C=C(C(=O)NC2CCCCC2)O[C@H](OCc2ccc(CO)cc2)C1. The molecule has 1 aliphatic heterocycles. The molecule has 5 heteroatoms. The van der Waals surface area contributed by atoms with Crippen molar-refractivity contribution in [1.82, 2.24) is 5.32 Å². The van der Waals surface area contributed by atoms with Crippen LogP contribution in [0.1, 0.15) is 70.4 Å². The summed E-state index contributed by atoms with van der Waals surface area (Å²) in [6.45, 7) is 6.98. The largest absolute Gasteiger partial charge is 0.459 e. The third-order valence-electron chi connectivity index (χ3n) is 5.98. The molecule has 0 spiro atoms. The zero-order valence-electron chi connectivity index (χ0n) is 17.9. The molecular weight excluding hydrogens is 366 g/mol. The van der Waals surface area contributed by atoms with Crippen LogP contribution in [-0.4, -0.2) is 23.3 Å². The number of allylic oxidation sites excluding steroid dienone is 1. The first-order chi connectivity index (χ1) is 13.8. The molecule has 0 aromatic heterocycles. The second-order valence-electron chi connectivity index (χ2n) is 9.38. The first kappa shape index (κ1) is 21.8. The van der Waals surface area contributed by atoms with Crippen LogP contribution in [0.5, 0.6) is 0 Å². The number of aliphatic hydroxyl groups is 1. The number of aliphatic hydroxyl groups excluding tert-OH is 1. The maximum absolute atomic E-state index is 12.8. The normalized spacial score (nSPS) is 23.2. The maximum Gasteiger partial charge on any atom is 0.286 e. The molecule has 1 heterocycles. The average Bonchev–Trinajstić information content (AvgIpc) is 2.72. The van der Waals surface area contributed by atoms with Gasteiger partial charge in [-0.2, -0.15) is 0 Å². The van der Waals surface area contributed by atoms with Gasteiger partial charge in [0.05, 0.1) is 13.2 Å². The van der Waals surface area contributed by atoms with Crippen LogP contribution in [0.4, 0.5) is 0 Å². The molecule has 0 unspecified atom stereocenters. The van der Waals surface area contributed by atoms with Crippen molar-refractivity contribution in [1.29, 1.82) is 0 Å². The summed E-state index contributed by atoms with van der Waals surface area (Å²) in [5.41, 5.74) is 1.91. The van der Waals surface area contributed by atoms with Gasteiger partial charge in [0.2, 0.25) is 6.29 Å². The highest BCUT2D eigenvalue weighted by molar-refractivity contribution is 5.91. The fraction of sp³-hybridized carbons (Fsp3) is 0.625. The van der Waals surface area contributed by atoms with Crippen molar-refractivity contribution in [2.75, 3.05) is 0 Å². The predicted octanol–water partition coefficient (Wildman–Crippen LogP) is 4.44. The van der Waals surface area contributed by atoms with Crippen molar-refractivity contribution < 1.29 is 19.4 Å². The lowest BCUT2D eigenvalue weighted by atomic mass is 9.77. The van der Waals surface area contributed by atoms with E-state index in [1.165, 1.54) is 19.3 Å². The fourth-order valence-electron chi connectivity index (χ4n) is 3.96. The van der Waals surface area contributed by atoms with Gasteiger partial charge in [0.1, 0.15) is 0 Å². The van der Waals surface area contributed by atoms with E-state index in [1.807, 2.05) is 30.3 Å². The molecule has 160 valence electrons. The minimum atomic E-state index is -0.450. The zero-order valence-corrected chi connectivity index (χ0v) is 17.9. The Bertz CT molecular complexity index is 699. The molecule has 2 atom stereocenters. The molecule has 3 rings (SSSR count). The van der Waals surface area contributed by atoms with Crippen molar-refractivity contribution in [2.45, 2.75) is 84.8 Å². The number of hydrogen-bond acceptors (Lipinski definition) is 4. The van der Waals surface area contributed by atoms with Crippen LogP contribution in [0.15, 0.2) is 36.1 Å². The van der Waals surface area contributed by atoms with E-state index in [-0.39, 0.29) is 29.9 Å². The number of carbonyl (C=O) groups is 1. The van der Waals surface area contributed by atoms with E-state index in [4.69, 9.17) is 9.47 Å². The second kappa shape index (κ2) is 9.77. The molecule has 2 aliphatic rings. The van der Waals surface area contributed by atoms with E-state index in [2.05, 4.69) is 26.1 Å². The Morgan fingerprint density at radius 2 is 1.79 bits per heavy atom. The van der Waals surface area contributed by atoms with Crippen LogP contribution in [-0.2, 0) is 27.5 Å². The summed E-state index contributed by atoms with van der Waals surface area (Å²) in [5.74, 6) is 0.472. The standard InChI is InChI=1S/C24H35NO4/c1-24(2,3)19-13-21(23(27)25-20-7-5-4-6-8-20)29-22(14-19)28-16-18-11-9-17(15-26)10-12-18/h9-13,19-20,22,26H,4-8,14-16H2,1-3H3,(H,25,27)/t19-,22+/m1/s1. The molecule has 1 aromatic carbocycles. The molecule has 5 nitrogen and oxygen atoms in total. The summed E-state index contributed by atoms with van der Waals surface area (Å²) in [6, 6.07) is 7.92. The van der Waals surface area contributed by atoms with Crippen LogP contribution in [0.3, 0.4) is 0 Å². The summed E-state index contributed by atoms with van der Waals surface area (Å²) in [6.07, 6.45) is 7.96. The summed E-state index contributed by atoms with van der Waals surface area (Å²) < 4.78 is 12.0. The van der Waals surface area contributed by atoms with E-state index in [0.29, 0.717) is 12.4 Å². The zero-order chi connectivity index (χ0) is 20.9. The Hall–Kier alpha value is -1.85. The summed E-state index contributed by atoms with van der Waals surface area (Å²) in [4.78, 5) is 12.8. The molecule has 1 aliphatic carbocycles. The van der Waals surface area contributed by atoms with Gasteiger partial charge in [-0.05, 0) is 41.4 Å². The van der Waals surface area contributed by atoms with E-state index in [9.17, 15) is 9.90 Å². The molecule has 0 bridgehead atoms. The van der Waals surface area contributed by atoms with Gasteiger partial charge in [-0.1, -0.05) is 64.3 Å². The first-order valence-corrected chi connectivity index (χ1v) is 10.8. The van der Waals surface area contributed by atoms with E-state index >= 15 is 0 Å². The lowest BCUT2D eigenvalue weighted by molar-refractivity contribution is -0.157. The van der Waals surface area contributed by atoms with Crippen LogP contribution in [0.25, 0.3) is 0 Å². The van der Waals surface area contributed by atoms with Gasteiger partial charge in [-0.15, -0.1) is 0 Å². The summed E-state index contributed by atoms with van der Waals surface area (Å²) >= 11 is 0. The molecule has 1 amide bonds. The van der Waals surface area contributed by atoms with Crippen molar-refractivity contribution >= 4 is 5.91 Å². The number of rotatable bonds is 6. The molecule has 1 saturated carbocycles. The Labute approximate surface area is 174 Å². The van der Waals surface area contributed by atoms with Gasteiger partial charge in [0, 0.05) is 12.5 Å². The van der Waals surface area contributed by atoms with Crippen molar-refractivity contribution in [3.05, 3.63) is 47.2 Å². The van der Waals surface area contributed by atoms with Crippen molar-refractivity contribution in [2.24, 2.45) is 11.3 Å². The highest BCUT2D eigenvalue weighted by Gasteiger charge is 2.34. The van der Waals surface area contributed by atoms with Gasteiger partial charge in [0.25, 0.3) is 5.91 Å². The smallest absolute Gasteiger partial charge is 0.286 e. The molecule has 0 radical (unpaired) electrons. The first-order valence-electron chi connectivity index (χ1n) is 10.8. The van der Waals surface area contributed by atoms with Gasteiger partial charge in [-0.25, -0.2) is 0 Å². The number of hydrogen-bond donors (Lipinski definition) is 2. The number of amides is 1. The highest BCUT2D eigenvalue weighted by Crippen LogP contribution is 2.36.